The zero-order valence-electron chi connectivity index (χ0n) is 11.9. The van der Waals surface area contributed by atoms with Crippen LogP contribution in [-0.4, -0.2) is 38.0 Å². The van der Waals surface area contributed by atoms with Gasteiger partial charge in [-0.1, -0.05) is 0 Å². The Morgan fingerprint density at radius 3 is 2.60 bits per heavy atom. The summed E-state index contributed by atoms with van der Waals surface area (Å²) in [6.45, 7) is 5.56. The minimum Gasteiger partial charge on any atom is -0.334 e. The van der Waals surface area contributed by atoms with Gasteiger partial charge in [0.05, 0.1) is 6.54 Å². The fourth-order valence-electron chi connectivity index (χ4n) is 2.05. The molecule has 0 atom stereocenters. The Bertz CT molecular complexity index is 701. The number of carbonyl (C=O) groups excluding carboxylic acids is 1. The van der Waals surface area contributed by atoms with Crippen LogP contribution in [0.15, 0.2) is 10.9 Å². The third-order valence-corrected chi connectivity index (χ3v) is 2.95. The molecule has 0 saturated heterocycles. The molecular formula is C13H17N5O2. The molecule has 2 aromatic rings. The second kappa shape index (κ2) is 5.28. The van der Waals surface area contributed by atoms with E-state index in [1.165, 1.54) is 4.90 Å². The van der Waals surface area contributed by atoms with Gasteiger partial charge in [0.25, 0.3) is 11.5 Å². The van der Waals surface area contributed by atoms with E-state index in [0.717, 1.165) is 5.69 Å². The fraction of sp³-hybridized carbons (Fsp3) is 0.385. The number of aryl methyl sites for hydroxylation is 3. The van der Waals surface area contributed by atoms with Crippen LogP contribution in [0.3, 0.4) is 0 Å². The van der Waals surface area contributed by atoms with E-state index in [1.54, 1.807) is 33.9 Å². The average molecular weight is 275 g/mol. The number of nitrogens with one attached hydrogen (secondary N) is 2. The second-order valence-corrected chi connectivity index (χ2v) is 4.84. The molecule has 0 unspecified atom stereocenters. The van der Waals surface area contributed by atoms with Crippen LogP contribution in [0.2, 0.25) is 0 Å². The van der Waals surface area contributed by atoms with Gasteiger partial charge in [0.1, 0.15) is 11.4 Å². The number of hydrogen-bond acceptors (Lipinski definition) is 4. The molecule has 0 radical (unpaired) electrons. The van der Waals surface area contributed by atoms with Crippen molar-refractivity contribution in [3.05, 3.63) is 44.9 Å². The van der Waals surface area contributed by atoms with Crippen molar-refractivity contribution in [3.63, 3.8) is 0 Å². The summed E-state index contributed by atoms with van der Waals surface area (Å²) >= 11 is 0. The smallest absolute Gasteiger partial charge is 0.261 e. The van der Waals surface area contributed by atoms with Gasteiger partial charge in [-0.3, -0.25) is 14.7 Å². The van der Waals surface area contributed by atoms with Crippen molar-refractivity contribution in [2.24, 2.45) is 0 Å². The Hall–Kier alpha value is -2.44. The fourth-order valence-corrected chi connectivity index (χ4v) is 2.05. The van der Waals surface area contributed by atoms with E-state index in [4.69, 9.17) is 0 Å². The Labute approximate surface area is 116 Å². The van der Waals surface area contributed by atoms with E-state index in [1.807, 2.05) is 0 Å². The SMILES string of the molecule is Cc1cc(C)c(C(=O)N(C)Cc2n[nH]c(C)n2)c(=O)[nH]1. The van der Waals surface area contributed by atoms with Crippen LogP contribution >= 0.6 is 0 Å². The number of hydrogen-bond donors (Lipinski definition) is 2. The predicted octanol–water partition coefficient (Wildman–Crippen LogP) is 0.690. The van der Waals surface area contributed by atoms with E-state index in [9.17, 15) is 9.59 Å². The number of aromatic amines is 2. The number of amides is 1. The third kappa shape index (κ3) is 2.76. The molecule has 2 heterocycles. The van der Waals surface area contributed by atoms with E-state index in [0.29, 0.717) is 17.2 Å². The molecule has 0 fully saturated rings. The molecule has 0 bridgehead atoms. The van der Waals surface area contributed by atoms with Gasteiger partial charge in [-0.2, -0.15) is 5.10 Å². The van der Waals surface area contributed by atoms with Gasteiger partial charge in [0.2, 0.25) is 0 Å². The van der Waals surface area contributed by atoms with Crippen LogP contribution in [0.4, 0.5) is 0 Å². The van der Waals surface area contributed by atoms with Crippen LogP contribution in [0, 0.1) is 20.8 Å². The van der Waals surface area contributed by atoms with Crippen molar-refractivity contribution in [1.29, 1.82) is 0 Å². The van der Waals surface area contributed by atoms with Gasteiger partial charge in [-0.15, -0.1) is 0 Å². The van der Waals surface area contributed by atoms with Gasteiger partial charge >= 0.3 is 0 Å². The second-order valence-electron chi connectivity index (χ2n) is 4.84. The van der Waals surface area contributed by atoms with Crippen LogP contribution in [0.1, 0.15) is 33.3 Å². The lowest BCUT2D eigenvalue weighted by atomic mass is 10.1. The monoisotopic (exact) mass is 275 g/mol. The summed E-state index contributed by atoms with van der Waals surface area (Å²) in [5.41, 5.74) is 1.18. The van der Waals surface area contributed by atoms with E-state index in [-0.39, 0.29) is 23.6 Å². The summed E-state index contributed by atoms with van der Waals surface area (Å²) in [5, 5.41) is 6.69. The molecule has 1 amide bonds. The molecule has 7 nitrogen and oxygen atoms in total. The van der Waals surface area contributed by atoms with Crippen LogP contribution in [0.25, 0.3) is 0 Å². The average Bonchev–Trinajstić information content (AvgIpc) is 2.73. The number of pyridine rings is 1. The van der Waals surface area contributed by atoms with Gasteiger partial charge < -0.3 is 9.88 Å². The van der Waals surface area contributed by atoms with Crippen molar-refractivity contribution in [1.82, 2.24) is 25.1 Å². The molecule has 0 aliphatic heterocycles. The maximum absolute atomic E-state index is 12.3. The molecule has 20 heavy (non-hydrogen) atoms. The molecule has 2 N–H and O–H groups in total. The molecule has 0 aliphatic carbocycles. The highest BCUT2D eigenvalue weighted by Gasteiger charge is 2.19. The Morgan fingerprint density at radius 1 is 1.35 bits per heavy atom. The summed E-state index contributed by atoms with van der Waals surface area (Å²) in [5.74, 6) is 0.857. The van der Waals surface area contributed by atoms with E-state index < -0.39 is 0 Å². The first-order valence-electron chi connectivity index (χ1n) is 6.22. The number of rotatable bonds is 3. The molecule has 0 spiro atoms. The van der Waals surface area contributed by atoms with Gasteiger partial charge in [0, 0.05) is 12.7 Å². The molecule has 2 rings (SSSR count). The highest BCUT2D eigenvalue weighted by atomic mass is 16.2. The molecule has 0 aliphatic rings. The standard InChI is InChI=1S/C13H17N5O2/c1-7-5-8(2)14-12(19)11(7)13(20)18(4)6-10-15-9(3)16-17-10/h5H,6H2,1-4H3,(H,14,19)(H,15,16,17). The lowest BCUT2D eigenvalue weighted by Gasteiger charge is -2.16. The van der Waals surface area contributed by atoms with Gasteiger partial charge in [-0.05, 0) is 32.4 Å². The molecular weight excluding hydrogens is 258 g/mol. The molecule has 0 saturated carbocycles. The Morgan fingerprint density at radius 2 is 2.05 bits per heavy atom. The summed E-state index contributed by atoms with van der Waals surface area (Å²) in [7, 11) is 1.62. The first-order valence-corrected chi connectivity index (χ1v) is 6.22. The summed E-state index contributed by atoms with van der Waals surface area (Å²) in [6.07, 6.45) is 0. The number of aromatic nitrogens is 4. The summed E-state index contributed by atoms with van der Waals surface area (Å²) in [6, 6.07) is 1.78. The van der Waals surface area contributed by atoms with E-state index in [2.05, 4.69) is 20.2 Å². The molecule has 7 heteroatoms. The van der Waals surface area contributed by atoms with Crippen molar-refractivity contribution < 1.29 is 4.79 Å². The Balaban J connectivity index is 2.25. The minimum atomic E-state index is -0.370. The highest BCUT2D eigenvalue weighted by Crippen LogP contribution is 2.08. The predicted molar refractivity (Wildman–Crippen MR) is 73.5 cm³/mol. The van der Waals surface area contributed by atoms with Crippen molar-refractivity contribution in [2.75, 3.05) is 7.05 Å². The van der Waals surface area contributed by atoms with Crippen LogP contribution in [0.5, 0.6) is 0 Å². The molecule has 0 aromatic carbocycles. The number of H-pyrrole nitrogens is 2. The lowest BCUT2D eigenvalue weighted by molar-refractivity contribution is 0.0779. The van der Waals surface area contributed by atoms with Crippen molar-refractivity contribution in [2.45, 2.75) is 27.3 Å². The van der Waals surface area contributed by atoms with Gasteiger partial charge in [-0.25, -0.2) is 4.98 Å². The zero-order valence-corrected chi connectivity index (χ0v) is 11.9. The zero-order chi connectivity index (χ0) is 14.9. The van der Waals surface area contributed by atoms with Crippen LogP contribution in [-0.2, 0) is 6.54 Å². The first kappa shape index (κ1) is 14.0. The highest BCUT2D eigenvalue weighted by molar-refractivity contribution is 5.95. The summed E-state index contributed by atoms with van der Waals surface area (Å²) in [4.78, 5) is 32.5. The number of carbonyl (C=O) groups is 1. The molecule has 2 aromatic heterocycles. The third-order valence-electron chi connectivity index (χ3n) is 2.95. The number of nitrogens with zero attached hydrogens (tertiary/aromatic N) is 3. The quantitative estimate of drug-likeness (QED) is 0.861. The topological polar surface area (TPSA) is 94.7 Å². The summed E-state index contributed by atoms with van der Waals surface area (Å²) < 4.78 is 0. The molecule has 106 valence electrons. The maximum Gasteiger partial charge on any atom is 0.261 e. The maximum atomic E-state index is 12.3. The van der Waals surface area contributed by atoms with E-state index >= 15 is 0 Å². The lowest BCUT2D eigenvalue weighted by Crippen LogP contribution is -2.32. The largest absolute Gasteiger partial charge is 0.334 e. The van der Waals surface area contributed by atoms with Crippen LogP contribution < -0.4 is 5.56 Å². The first-order chi connectivity index (χ1) is 9.38. The minimum absolute atomic E-state index is 0.158. The van der Waals surface area contributed by atoms with Crippen molar-refractivity contribution in [3.8, 4) is 0 Å². The van der Waals surface area contributed by atoms with Crippen molar-refractivity contribution >= 4 is 5.91 Å². The normalized spacial score (nSPS) is 10.6. The van der Waals surface area contributed by atoms with Gasteiger partial charge in [0.15, 0.2) is 5.82 Å². The Kier molecular flexibility index (Phi) is 3.69.